The van der Waals surface area contributed by atoms with Crippen molar-refractivity contribution in [2.75, 3.05) is 19.7 Å². The van der Waals surface area contributed by atoms with Gasteiger partial charge in [-0.25, -0.2) is 0 Å². The van der Waals surface area contributed by atoms with Gasteiger partial charge >= 0.3 is 6.36 Å². The minimum absolute atomic E-state index is 0.0199. The summed E-state index contributed by atoms with van der Waals surface area (Å²) in [6, 6.07) is 21.2. The number of rotatable bonds is 10. The number of ketones is 1. The van der Waals surface area contributed by atoms with E-state index in [2.05, 4.69) is 24.7 Å². The van der Waals surface area contributed by atoms with E-state index in [9.17, 15) is 38.4 Å². The highest BCUT2D eigenvalue weighted by atomic mass is 32.1. The van der Waals surface area contributed by atoms with Crippen LogP contribution in [0.3, 0.4) is 0 Å². The molecular weight excluding hydrogens is 704 g/mol. The predicted octanol–water partition coefficient (Wildman–Crippen LogP) is 7.92. The molecule has 3 aliphatic carbocycles. The lowest BCUT2D eigenvalue weighted by Gasteiger charge is -2.46. The van der Waals surface area contributed by atoms with Crippen LogP contribution in [0.15, 0.2) is 84.4 Å². The average molecular weight is 752 g/mol. The third kappa shape index (κ3) is 9.04. The molecule has 4 aromatic rings. The van der Waals surface area contributed by atoms with E-state index in [1.165, 1.54) is 35.6 Å². The molecule has 5 unspecified atom stereocenters. The number of hydrogen-bond donors (Lipinski definition) is 4. The number of carbonyl (C=O) groups is 1. The zero-order valence-electron chi connectivity index (χ0n) is 30.1. The van der Waals surface area contributed by atoms with E-state index in [-0.39, 0.29) is 37.1 Å². The molecule has 0 amide bonds. The second-order valence-corrected chi connectivity index (χ2v) is 16.2. The van der Waals surface area contributed by atoms with Gasteiger partial charge in [-0.05, 0) is 110 Å². The lowest BCUT2D eigenvalue weighted by Crippen LogP contribution is -2.53. The second-order valence-electron chi connectivity index (χ2n) is 15.1. The van der Waals surface area contributed by atoms with Gasteiger partial charge in [0.2, 0.25) is 5.78 Å². The van der Waals surface area contributed by atoms with Gasteiger partial charge in [-0.3, -0.25) is 9.69 Å². The van der Waals surface area contributed by atoms with E-state index in [0.717, 1.165) is 33.2 Å². The van der Waals surface area contributed by atoms with Gasteiger partial charge in [0.1, 0.15) is 5.75 Å². The molecule has 0 aliphatic heterocycles. The van der Waals surface area contributed by atoms with Crippen molar-refractivity contribution in [3.63, 3.8) is 0 Å². The summed E-state index contributed by atoms with van der Waals surface area (Å²) >= 11 is 1.45. The highest BCUT2D eigenvalue weighted by Crippen LogP contribution is 2.59. The van der Waals surface area contributed by atoms with Crippen LogP contribution in [0, 0.1) is 5.41 Å². The molecule has 1 saturated carbocycles. The number of aliphatic hydroxyl groups excluding tert-OH is 3. The summed E-state index contributed by atoms with van der Waals surface area (Å²) in [5.41, 5.74) is 2.03. The van der Waals surface area contributed by atoms with Gasteiger partial charge in [-0.1, -0.05) is 61.0 Å². The fourth-order valence-corrected chi connectivity index (χ4v) is 9.41. The maximum atomic E-state index is 14.5. The molecule has 7 nitrogen and oxygen atoms in total. The van der Waals surface area contributed by atoms with Gasteiger partial charge in [0.05, 0.1) is 29.3 Å². The Morgan fingerprint density at radius 2 is 1.81 bits per heavy atom. The van der Waals surface area contributed by atoms with Crippen molar-refractivity contribution in [1.82, 2.24) is 4.90 Å². The molecule has 0 radical (unpaired) electrons. The average Bonchev–Trinajstić information content (AvgIpc) is 3.65. The van der Waals surface area contributed by atoms with Crippen LogP contribution >= 0.6 is 11.3 Å². The Morgan fingerprint density at radius 1 is 1.06 bits per heavy atom. The van der Waals surface area contributed by atoms with Crippen molar-refractivity contribution >= 4 is 27.2 Å². The topological polar surface area (TPSA) is 110 Å². The van der Waals surface area contributed by atoms with E-state index in [1.807, 2.05) is 53.4 Å². The molecule has 4 N–H and O–H groups in total. The van der Waals surface area contributed by atoms with Gasteiger partial charge in [0.25, 0.3) is 0 Å². The Morgan fingerprint density at radius 3 is 2.53 bits per heavy atom. The number of fused-ring (bicyclic) bond motifs is 9. The first-order valence-corrected chi connectivity index (χ1v) is 19.1. The van der Waals surface area contributed by atoms with Crippen LogP contribution in [-0.2, 0) is 13.0 Å². The molecule has 5 atom stereocenters. The van der Waals surface area contributed by atoms with Crippen molar-refractivity contribution in [2.24, 2.45) is 5.41 Å². The van der Waals surface area contributed by atoms with E-state index >= 15 is 0 Å². The largest absolute Gasteiger partial charge is 0.573 e. The summed E-state index contributed by atoms with van der Waals surface area (Å²) in [4.78, 5) is 17.0. The number of ether oxygens (including phenoxy) is 1. The zero-order chi connectivity index (χ0) is 38.0. The molecule has 1 heterocycles. The van der Waals surface area contributed by atoms with Gasteiger partial charge in [0, 0.05) is 35.3 Å². The van der Waals surface area contributed by atoms with Gasteiger partial charge in [0.15, 0.2) is 0 Å². The monoisotopic (exact) mass is 751 g/mol. The van der Waals surface area contributed by atoms with Crippen LogP contribution in [0.2, 0.25) is 0 Å². The molecule has 3 aliphatic rings. The minimum atomic E-state index is -4.82. The Balaban J connectivity index is 1.38. The number of allylic oxidation sites excluding steroid dienone is 2. The number of alkyl halides is 3. The van der Waals surface area contributed by atoms with Crippen molar-refractivity contribution in [1.29, 1.82) is 0 Å². The van der Waals surface area contributed by atoms with Crippen molar-refractivity contribution in [3.05, 3.63) is 112 Å². The highest BCUT2D eigenvalue weighted by molar-refractivity contribution is 7.21. The molecule has 11 heteroatoms. The van der Waals surface area contributed by atoms with Crippen LogP contribution < -0.4 is 4.74 Å². The summed E-state index contributed by atoms with van der Waals surface area (Å²) in [5, 5.41) is 45.2. The normalized spacial score (nSPS) is 24.5. The smallest absolute Gasteiger partial charge is 0.406 e. The highest BCUT2D eigenvalue weighted by Gasteiger charge is 2.57. The van der Waals surface area contributed by atoms with Crippen LogP contribution in [0.1, 0.15) is 90.2 Å². The van der Waals surface area contributed by atoms with Crippen molar-refractivity contribution in [3.8, 4) is 5.75 Å². The first-order valence-electron chi connectivity index (χ1n) is 18.2. The van der Waals surface area contributed by atoms with Crippen molar-refractivity contribution in [2.45, 2.75) is 95.4 Å². The molecule has 1 aromatic heterocycles. The lowest BCUT2D eigenvalue weighted by atomic mass is 9.64. The molecule has 53 heavy (non-hydrogen) atoms. The van der Waals surface area contributed by atoms with Crippen LogP contribution in [0.5, 0.6) is 5.75 Å². The molecule has 7 rings (SSSR count). The molecule has 0 saturated heterocycles. The minimum Gasteiger partial charge on any atom is -0.406 e. The predicted molar refractivity (Wildman–Crippen MR) is 200 cm³/mol. The number of benzene rings is 3. The van der Waals surface area contributed by atoms with Gasteiger partial charge < -0.3 is 25.2 Å². The first kappa shape index (κ1) is 39.1. The summed E-state index contributed by atoms with van der Waals surface area (Å²) in [7, 11) is 0. The van der Waals surface area contributed by atoms with E-state index in [1.54, 1.807) is 0 Å². The summed E-state index contributed by atoms with van der Waals surface area (Å²) < 4.78 is 43.4. The fourth-order valence-electron chi connectivity index (χ4n) is 8.39. The lowest BCUT2D eigenvalue weighted by molar-refractivity contribution is -0.274. The molecule has 2 bridgehead atoms. The third-order valence-electron chi connectivity index (χ3n) is 11.3. The maximum Gasteiger partial charge on any atom is 0.573 e. The third-order valence-corrected chi connectivity index (χ3v) is 12.4. The number of nitrogens with zero attached hydrogens (tertiary/aromatic N) is 1. The fraction of sp³-hybridized carbons (Fsp3) is 0.452. The van der Waals surface area contributed by atoms with E-state index in [4.69, 9.17) is 0 Å². The van der Waals surface area contributed by atoms with E-state index in [0.29, 0.717) is 54.5 Å². The van der Waals surface area contributed by atoms with E-state index < -0.39 is 36.2 Å². The zero-order valence-corrected chi connectivity index (χ0v) is 30.9. The quantitative estimate of drug-likeness (QED) is 0.0963. The summed E-state index contributed by atoms with van der Waals surface area (Å²) in [6.45, 7) is 3.96. The Labute approximate surface area is 312 Å². The SMILES string of the molecule is CC1=CCCC2(C)C(CCC2(O)CN(Cc2ccc(OC(F)(F)F)cc2)CC(O)CO)c2ccc(cc2C(=O)c2cc3ccccc3s2)CC(O)CC1. The number of hydrogen-bond acceptors (Lipinski definition) is 8. The standard InChI is InChI=1S/C42H48F3NO6S/c1-27-6-5-18-40(2)36(17-19-41(40,51)26-46(24-32(49)25-47)23-28-10-14-33(15-11-28)52-42(43,44)45)34-16-12-29(20-31(48)13-9-27)21-35(34)39(50)38-22-30-7-3-4-8-37(30)53-38/h3-4,6-8,10-12,14-16,21-22,31-32,36,47-49,51H,5,9,13,17-20,23-26H2,1-2H3. The van der Waals surface area contributed by atoms with Gasteiger partial charge in [-0.15, -0.1) is 24.5 Å². The maximum absolute atomic E-state index is 14.5. The number of thiophene rings is 1. The molecular formula is C42H48F3NO6S. The first-order chi connectivity index (χ1) is 25.2. The van der Waals surface area contributed by atoms with Crippen LogP contribution in [0.4, 0.5) is 13.2 Å². The summed E-state index contributed by atoms with van der Waals surface area (Å²) in [5.74, 6) is -0.666. The Hall–Kier alpha value is -3.58. The number of halogens is 3. The Bertz CT molecular complexity index is 1890. The molecule has 3 aromatic carbocycles. The van der Waals surface area contributed by atoms with Gasteiger partial charge in [-0.2, -0.15) is 0 Å². The number of aliphatic hydroxyl groups is 4. The summed E-state index contributed by atoms with van der Waals surface area (Å²) in [6.07, 6.45) is -0.367. The number of carbonyl (C=O) groups excluding carboxylic acids is 1. The molecule has 0 spiro atoms. The van der Waals surface area contributed by atoms with Crippen molar-refractivity contribution < 1.29 is 43.1 Å². The molecule has 1 fully saturated rings. The Kier molecular flexibility index (Phi) is 11.8. The van der Waals surface area contributed by atoms with Crippen LogP contribution in [0.25, 0.3) is 10.1 Å². The second kappa shape index (κ2) is 16.0. The van der Waals surface area contributed by atoms with Crippen LogP contribution in [-0.4, -0.2) is 75.0 Å². The molecule has 284 valence electrons.